The molecule has 0 radical (unpaired) electrons. The molecule has 0 unspecified atom stereocenters. The van der Waals surface area contributed by atoms with Crippen molar-refractivity contribution >= 4 is 0 Å². The van der Waals surface area contributed by atoms with Crippen LogP contribution in [0.2, 0.25) is 0 Å². The van der Waals surface area contributed by atoms with Gasteiger partial charge in [-0.15, -0.1) is 0 Å². The van der Waals surface area contributed by atoms with E-state index in [-0.39, 0.29) is 5.41 Å². The normalized spacial score (nSPS) is 12.0. The third-order valence-electron chi connectivity index (χ3n) is 1.82. The van der Waals surface area contributed by atoms with Crippen LogP contribution in [0.5, 0.6) is 0 Å². The molecule has 0 bridgehead atoms. The molecule has 0 amide bonds. The summed E-state index contributed by atoms with van der Waals surface area (Å²) >= 11 is 0. The first kappa shape index (κ1) is 10.3. The van der Waals surface area contributed by atoms with Gasteiger partial charge < -0.3 is 9.73 Å². The first-order valence-electron chi connectivity index (χ1n) is 4.70. The Hall–Kier alpha value is -0.830. The lowest BCUT2D eigenvalue weighted by Crippen LogP contribution is -2.12. The van der Waals surface area contributed by atoms with E-state index < -0.39 is 0 Å². The fraction of sp³-hybridized carbons (Fsp3) is 0.700. The van der Waals surface area contributed by atoms with E-state index in [0.717, 1.165) is 18.2 Å². The van der Waals surface area contributed by atoms with E-state index in [4.69, 9.17) is 4.42 Å². The summed E-state index contributed by atoms with van der Waals surface area (Å²) in [6.45, 7) is 10.1. The van der Waals surface area contributed by atoms with E-state index in [2.05, 4.69) is 38.0 Å². The van der Waals surface area contributed by atoms with Gasteiger partial charge in [0.2, 0.25) is 5.89 Å². The molecule has 1 aromatic heterocycles. The summed E-state index contributed by atoms with van der Waals surface area (Å²) in [5, 5.41) is 3.17. The highest BCUT2D eigenvalue weighted by atomic mass is 16.4. The standard InChI is InChI=1S/C10H18N2O/c1-5-11-7-9-12-6-8(13-9)10(2,3)4/h6,11H,5,7H2,1-4H3. The predicted molar refractivity (Wildman–Crippen MR) is 52.6 cm³/mol. The lowest BCUT2D eigenvalue weighted by molar-refractivity contribution is 0.375. The van der Waals surface area contributed by atoms with E-state index in [9.17, 15) is 0 Å². The largest absolute Gasteiger partial charge is 0.444 e. The summed E-state index contributed by atoms with van der Waals surface area (Å²) in [5.74, 6) is 1.71. The molecule has 3 heteroatoms. The summed E-state index contributed by atoms with van der Waals surface area (Å²) < 4.78 is 5.58. The summed E-state index contributed by atoms with van der Waals surface area (Å²) in [6.07, 6.45) is 1.81. The maximum absolute atomic E-state index is 5.58. The number of aromatic nitrogens is 1. The molecule has 0 saturated carbocycles. The molecule has 1 N–H and O–H groups in total. The average Bonchev–Trinajstić information content (AvgIpc) is 2.47. The third-order valence-corrected chi connectivity index (χ3v) is 1.82. The molecular weight excluding hydrogens is 164 g/mol. The van der Waals surface area contributed by atoms with Crippen LogP contribution in [-0.4, -0.2) is 11.5 Å². The van der Waals surface area contributed by atoms with Crippen molar-refractivity contribution in [2.45, 2.75) is 39.7 Å². The maximum Gasteiger partial charge on any atom is 0.208 e. The molecule has 0 spiro atoms. The number of hydrogen-bond donors (Lipinski definition) is 1. The van der Waals surface area contributed by atoms with E-state index in [1.807, 2.05) is 6.20 Å². The zero-order valence-electron chi connectivity index (χ0n) is 8.85. The topological polar surface area (TPSA) is 38.1 Å². The second-order valence-electron chi connectivity index (χ2n) is 4.15. The minimum Gasteiger partial charge on any atom is -0.444 e. The van der Waals surface area contributed by atoms with E-state index in [0.29, 0.717) is 6.54 Å². The van der Waals surface area contributed by atoms with Crippen molar-refractivity contribution in [2.24, 2.45) is 0 Å². The minimum atomic E-state index is 0.0530. The van der Waals surface area contributed by atoms with Gasteiger partial charge in [0.05, 0.1) is 12.7 Å². The number of oxazole rings is 1. The monoisotopic (exact) mass is 182 g/mol. The van der Waals surface area contributed by atoms with Crippen molar-refractivity contribution in [3.8, 4) is 0 Å². The van der Waals surface area contributed by atoms with Crippen LogP contribution in [-0.2, 0) is 12.0 Å². The second kappa shape index (κ2) is 3.92. The second-order valence-corrected chi connectivity index (χ2v) is 4.15. The minimum absolute atomic E-state index is 0.0530. The van der Waals surface area contributed by atoms with Gasteiger partial charge in [-0.05, 0) is 6.54 Å². The Bertz CT molecular complexity index is 260. The molecule has 0 aliphatic heterocycles. The molecule has 0 aromatic carbocycles. The first-order valence-corrected chi connectivity index (χ1v) is 4.70. The Morgan fingerprint density at radius 3 is 2.62 bits per heavy atom. The highest BCUT2D eigenvalue weighted by Crippen LogP contribution is 2.22. The molecule has 1 aromatic rings. The molecule has 0 saturated heterocycles. The number of rotatable bonds is 3. The lowest BCUT2D eigenvalue weighted by Gasteiger charge is -2.13. The number of nitrogens with one attached hydrogen (secondary N) is 1. The highest BCUT2D eigenvalue weighted by Gasteiger charge is 2.18. The van der Waals surface area contributed by atoms with Crippen LogP contribution in [0.1, 0.15) is 39.3 Å². The predicted octanol–water partition coefficient (Wildman–Crippen LogP) is 2.08. The zero-order chi connectivity index (χ0) is 9.90. The Kier molecular flexibility index (Phi) is 3.09. The lowest BCUT2D eigenvalue weighted by atomic mass is 9.94. The van der Waals surface area contributed by atoms with Crippen molar-refractivity contribution in [1.82, 2.24) is 10.3 Å². The maximum atomic E-state index is 5.58. The summed E-state index contributed by atoms with van der Waals surface area (Å²) in [4.78, 5) is 4.19. The van der Waals surface area contributed by atoms with Gasteiger partial charge in [0.15, 0.2) is 0 Å². The van der Waals surface area contributed by atoms with Crippen LogP contribution < -0.4 is 5.32 Å². The van der Waals surface area contributed by atoms with Crippen LogP contribution >= 0.6 is 0 Å². The van der Waals surface area contributed by atoms with Crippen molar-refractivity contribution in [3.05, 3.63) is 17.8 Å². The van der Waals surface area contributed by atoms with Crippen molar-refractivity contribution in [1.29, 1.82) is 0 Å². The number of nitrogens with zero attached hydrogens (tertiary/aromatic N) is 1. The molecule has 0 aliphatic carbocycles. The van der Waals surface area contributed by atoms with Gasteiger partial charge in [-0.1, -0.05) is 27.7 Å². The van der Waals surface area contributed by atoms with Gasteiger partial charge >= 0.3 is 0 Å². The van der Waals surface area contributed by atoms with Crippen LogP contribution in [0.25, 0.3) is 0 Å². The van der Waals surface area contributed by atoms with Crippen LogP contribution in [0, 0.1) is 0 Å². The van der Waals surface area contributed by atoms with E-state index in [1.54, 1.807) is 0 Å². The fourth-order valence-electron chi connectivity index (χ4n) is 0.971. The molecule has 0 aliphatic rings. The molecule has 3 nitrogen and oxygen atoms in total. The smallest absolute Gasteiger partial charge is 0.208 e. The third kappa shape index (κ3) is 2.84. The fourth-order valence-corrected chi connectivity index (χ4v) is 0.971. The van der Waals surface area contributed by atoms with Gasteiger partial charge in [-0.2, -0.15) is 0 Å². The van der Waals surface area contributed by atoms with Gasteiger partial charge in [0.1, 0.15) is 5.76 Å². The van der Waals surface area contributed by atoms with Gasteiger partial charge in [-0.25, -0.2) is 4.98 Å². The van der Waals surface area contributed by atoms with Gasteiger partial charge in [0.25, 0.3) is 0 Å². The highest BCUT2D eigenvalue weighted by molar-refractivity contribution is 5.05. The molecule has 0 fully saturated rings. The summed E-state index contributed by atoms with van der Waals surface area (Å²) in [6, 6.07) is 0. The quantitative estimate of drug-likeness (QED) is 0.777. The Morgan fingerprint density at radius 1 is 1.46 bits per heavy atom. The summed E-state index contributed by atoms with van der Waals surface area (Å²) in [7, 11) is 0. The SMILES string of the molecule is CCNCc1ncc(C(C)(C)C)o1. The van der Waals surface area contributed by atoms with Crippen molar-refractivity contribution in [3.63, 3.8) is 0 Å². The molecule has 13 heavy (non-hydrogen) atoms. The van der Waals surface area contributed by atoms with E-state index >= 15 is 0 Å². The average molecular weight is 182 g/mol. The first-order chi connectivity index (χ1) is 6.04. The van der Waals surface area contributed by atoms with Crippen molar-refractivity contribution in [2.75, 3.05) is 6.54 Å². The van der Waals surface area contributed by atoms with Crippen molar-refractivity contribution < 1.29 is 4.42 Å². The van der Waals surface area contributed by atoms with Crippen LogP contribution in [0.3, 0.4) is 0 Å². The Balaban J connectivity index is 2.64. The van der Waals surface area contributed by atoms with Crippen LogP contribution in [0.15, 0.2) is 10.6 Å². The van der Waals surface area contributed by atoms with E-state index in [1.165, 1.54) is 0 Å². The van der Waals surface area contributed by atoms with Gasteiger partial charge in [0, 0.05) is 5.41 Å². The Morgan fingerprint density at radius 2 is 2.15 bits per heavy atom. The summed E-state index contributed by atoms with van der Waals surface area (Å²) in [5.41, 5.74) is 0.0530. The van der Waals surface area contributed by atoms with Gasteiger partial charge in [-0.3, -0.25) is 0 Å². The Labute approximate surface area is 79.5 Å². The molecule has 0 atom stereocenters. The molecule has 1 rings (SSSR count). The zero-order valence-corrected chi connectivity index (χ0v) is 8.85. The number of hydrogen-bond acceptors (Lipinski definition) is 3. The molecule has 1 heterocycles. The van der Waals surface area contributed by atoms with Crippen LogP contribution in [0.4, 0.5) is 0 Å². The molecular formula is C10H18N2O. The molecule has 74 valence electrons.